The van der Waals surface area contributed by atoms with Gasteiger partial charge in [0.2, 0.25) is 11.8 Å². The highest BCUT2D eigenvalue weighted by Crippen LogP contribution is 2.44. The number of nitrogens with zero attached hydrogens (tertiary/aromatic N) is 4. The Morgan fingerprint density at radius 1 is 0.659 bits per heavy atom. The molecule has 228 valence electrons. The molecule has 0 aromatic carbocycles. The molecule has 2 aliphatic rings. The van der Waals surface area contributed by atoms with Gasteiger partial charge in [0, 0.05) is 74.5 Å². The highest BCUT2D eigenvalue weighted by molar-refractivity contribution is 6.00. The van der Waals surface area contributed by atoms with E-state index in [0.29, 0.717) is 25.7 Å². The molecule has 0 aliphatic carbocycles. The number of nitriles is 2. The number of hydrogen-bond acceptors (Lipinski definition) is 8. The summed E-state index contributed by atoms with van der Waals surface area (Å²) >= 11 is 0. The number of amides is 2. The summed E-state index contributed by atoms with van der Waals surface area (Å²) in [6.45, 7) is 18.4. The molecule has 2 amide bonds. The normalized spacial score (nSPS) is 21.8. The van der Waals surface area contributed by atoms with Crippen LogP contribution in [-0.4, -0.2) is 67.9 Å². The molecule has 0 atom stereocenters. The van der Waals surface area contributed by atoms with E-state index in [1.165, 1.54) is 13.8 Å². The van der Waals surface area contributed by atoms with Gasteiger partial charge in [-0.25, -0.2) is 0 Å². The Morgan fingerprint density at radius 3 is 1.15 bits per heavy atom. The Kier molecular flexibility index (Phi) is 9.97. The maximum absolute atomic E-state index is 14.0. The SMILES string of the molecule is CC(=O)N1C(C)(C)CC(OC(=O)C(CCC#N)(CCC#N)C(=O)OC2CC(C)(C)N(C(C)=O)C(C)(C)C2)CC1(C)C. The van der Waals surface area contributed by atoms with Crippen molar-refractivity contribution in [3.05, 3.63) is 0 Å². The summed E-state index contributed by atoms with van der Waals surface area (Å²) in [5.74, 6) is -1.76. The number of piperidine rings is 2. The van der Waals surface area contributed by atoms with Gasteiger partial charge in [0.1, 0.15) is 12.2 Å². The van der Waals surface area contributed by atoms with Crippen molar-refractivity contribution in [3.8, 4) is 12.1 Å². The first-order valence-electron chi connectivity index (χ1n) is 14.4. The van der Waals surface area contributed by atoms with E-state index in [-0.39, 0.29) is 37.5 Å². The highest BCUT2D eigenvalue weighted by Gasteiger charge is 2.54. The van der Waals surface area contributed by atoms with Crippen LogP contribution in [0.1, 0.15) is 121 Å². The van der Waals surface area contributed by atoms with E-state index in [2.05, 4.69) is 0 Å². The third-order valence-electron chi connectivity index (χ3n) is 8.62. The number of carbonyl (C=O) groups is 4. The fourth-order valence-corrected chi connectivity index (χ4v) is 7.93. The second-order valence-electron chi connectivity index (χ2n) is 14.2. The summed E-state index contributed by atoms with van der Waals surface area (Å²) in [6.07, 6.45) is -0.172. The van der Waals surface area contributed by atoms with Crippen molar-refractivity contribution in [1.29, 1.82) is 10.5 Å². The molecule has 2 heterocycles. The van der Waals surface area contributed by atoms with E-state index in [9.17, 15) is 29.7 Å². The molecule has 0 radical (unpaired) electrons. The van der Waals surface area contributed by atoms with Crippen LogP contribution >= 0.6 is 0 Å². The van der Waals surface area contributed by atoms with Crippen molar-refractivity contribution in [1.82, 2.24) is 9.80 Å². The van der Waals surface area contributed by atoms with E-state index >= 15 is 0 Å². The number of esters is 2. The Morgan fingerprint density at radius 2 is 0.927 bits per heavy atom. The van der Waals surface area contributed by atoms with Crippen LogP contribution in [0.25, 0.3) is 0 Å². The molecule has 41 heavy (non-hydrogen) atoms. The molecule has 0 aromatic heterocycles. The monoisotopic (exact) mass is 572 g/mol. The highest BCUT2D eigenvalue weighted by atomic mass is 16.6. The second kappa shape index (κ2) is 12.0. The van der Waals surface area contributed by atoms with Crippen LogP contribution in [0, 0.1) is 28.1 Å². The van der Waals surface area contributed by atoms with E-state index in [4.69, 9.17) is 9.47 Å². The van der Waals surface area contributed by atoms with Gasteiger partial charge in [0.15, 0.2) is 5.41 Å². The van der Waals surface area contributed by atoms with Gasteiger partial charge < -0.3 is 19.3 Å². The van der Waals surface area contributed by atoms with Crippen LogP contribution in [0.3, 0.4) is 0 Å². The Labute approximate surface area is 245 Å². The summed E-state index contributed by atoms with van der Waals surface area (Å²) in [5.41, 5.74) is -4.26. The molecule has 2 aliphatic heterocycles. The van der Waals surface area contributed by atoms with Crippen molar-refractivity contribution >= 4 is 23.8 Å². The molecule has 0 spiro atoms. The van der Waals surface area contributed by atoms with Gasteiger partial charge in [-0.15, -0.1) is 0 Å². The van der Waals surface area contributed by atoms with Crippen LogP contribution in [-0.2, 0) is 28.7 Å². The van der Waals surface area contributed by atoms with Crippen molar-refractivity contribution < 1.29 is 28.7 Å². The van der Waals surface area contributed by atoms with E-state index in [1.807, 2.05) is 67.5 Å². The van der Waals surface area contributed by atoms with E-state index in [1.54, 1.807) is 9.80 Å². The maximum Gasteiger partial charge on any atom is 0.323 e. The topological polar surface area (TPSA) is 141 Å². The first kappa shape index (κ1) is 34.1. The molecule has 0 bridgehead atoms. The van der Waals surface area contributed by atoms with Gasteiger partial charge in [-0.1, -0.05) is 0 Å². The van der Waals surface area contributed by atoms with Crippen molar-refractivity contribution in [2.75, 3.05) is 0 Å². The van der Waals surface area contributed by atoms with Crippen molar-refractivity contribution in [2.45, 2.75) is 155 Å². The summed E-state index contributed by atoms with van der Waals surface area (Å²) in [4.78, 5) is 56.5. The van der Waals surface area contributed by atoms with Crippen LogP contribution in [0.2, 0.25) is 0 Å². The zero-order valence-corrected chi connectivity index (χ0v) is 26.5. The smallest absolute Gasteiger partial charge is 0.323 e. The molecule has 2 saturated heterocycles. The van der Waals surface area contributed by atoms with Gasteiger partial charge in [-0.3, -0.25) is 19.2 Å². The van der Waals surface area contributed by atoms with E-state index < -0.39 is 51.7 Å². The Bertz CT molecular complexity index is 1000. The van der Waals surface area contributed by atoms with Gasteiger partial charge in [0.05, 0.1) is 12.1 Å². The summed E-state index contributed by atoms with van der Waals surface area (Å²) in [6, 6.07) is 4.04. The quantitative estimate of drug-likeness (QED) is 0.298. The average molecular weight is 573 g/mol. The third-order valence-corrected chi connectivity index (χ3v) is 8.62. The molecule has 0 unspecified atom stereocenters. The van der Waals surface area contributed by atoms with Gasteiger partial charge in [-0.2, -0.15) is 10.5 Å². The lowest BCUT2D eigenvalue weighted by Crippen LogP contribution is -2.64. The lowest BCUT2D eigenvalue weighted by molar-refractivity contribution is -0.190. The Hall–Kier alpha value is -3.14. The minimum absolute atomic E-state index is 0.0765. The van der Waals surface area contributed by atoms with Crippen LogP contribution < -0.4 is 0 Å². The minimum atomic E-state index is -1.83. The van der Waals surface area contributed by atoms with E-state index in [0.717, 1.165) is 0 Å². The van der Waals surface area contributed by atoms with Crippen molar-refractivity contribution in [3.63, 3.8) is 0 Å². The summed E-state index contributed by atoms with van der Waals surface area (Å²) in [5, 5.41) is 18.8. The Balaban J connectivity index is 2.41. The standard InChI is InChI=1S/C31H48N4O6/c1-21(36)34-27(3,4)17-23(18-28(34,5)6)40-25(38)31(13-11-15-32,14-12-16-33)26(39)41-24-19-29(7,8)35(22(2)37)30(9,10)20-24/h23-24H,11-14,17-20H2,1-10H3. The summed E-state index contributed by atoms with van der Waals surface area (Å²) in [7, 11) is 0. The number of likely N-dealkylation sites (tertiary alicyclic amines) is 2. The number of rotatable bonds is 8. The average Bonchev–Trinajstić information content (AvgIpc) is 2.74. The number of carbonyl (C=O) groups excluding carboxylic acids is 4. The van der Waals surface area contributed by atoms with Crippen LogP contribution in [0.15, 0.2) is 0 Å². The minimum Gasteiger partial charge on any atom is -0.461 e. The van der Waals surface area contributed by atoms with Gasteiger partial charge in [0.25, 0.3) is 0 Å². The fourth-order valence-electron chi connectivity index (χ4n) is 7.93. The molecule has 0 saturated carbocycles. The first-order valence-corrected chi connectivity index (χ1v) is 14.4. The van der Waals surface area contributed by atoms with Gasteiger partial charge >= 0.3 is 11.9 Å². The number of ether oxygens (including phenoxy) is 2. The number of hydrogen-bond donors (Lipinski definition) is 0. The molecule has 2 rings (SSSR count). The van der Waals surface area contributed by atoms with Crippen LogP contribution in [0.4, 0.5) is 0 Å². The van der Waals surface area contributed by atoms with Crippen molar-refractivity contribution in [2.24, 2.45) is 5.41 Å². The largest absolute Gasteiger partial charge is 0.461 e. The molecule has 0 N–H and O–H groups in total. The fraction of sp³-hybridized carbons (Fsp3) is 0.806. The molecule has 10 heteroatoms. The molecule has 10 nitrogen and oxygen atoms in total. The first-order chi connectivity index (χ1) is 18.7. The predicted octanol–water partition coefficient (Wildman–Crippen LogP) is 4.80. The molecule has 0 aromatic rings. The maximum atomic E-state index is 14.0. The molecule has 2 fully saturated rings. The lowest BCUT2D eigenvalue weighted by atomic mass is 9.76. The summed E-state index contributed by atoms with van der Waals surface area (Å²) < 4.78 is 12.1. The molecular formula is C31H48N4O6. The zero-order valence-electron chi connectivity index (χ0n) is 26.5. The van der Waals surface area contributed by atoms with Crippen LogP contribution in [0.5, 0.6) is 0 Å². The predicted molar refractivity (Wildman–Crippen MR) is 152 cm³/mol. The third kappa shape index (κ3) is 7.20. The zero-order chi connectivity index (χ0) is 31.6. The molecular weight excluding hydrogens is 524 g/mol. The second-order valence-corrected chi connectivity index (χ2v) is 14.2. The lowest BCUT2D eigenvalue weighted by Gasteiger charge is -2.55. The van der Waals surface area contributed by atoms with Gasteiger partial charge in [-0.05, 0) is 68.2 Å².